The number of nitrogens with zero attached hydrogens (tertiary/aromatic N) is 1. The van der Waals surface area contributed by atoms with Crippen LogP contribution in [0.3, 0.4) is 0 Å². The van der Waals surface area contributed by atoms with Gasteiger partial charge in [-0.25, -0.2) is 4.79 Å². The summed E-state index contributed by atoms with van der Waals surface area (Å²) in [6, 6.07) is 3.12. The molecule has 0 bridgehead atoms. The number of carbonyl (C=O) groups excluding carboxylic acids is 3. The molecule has 6 heteroatoms. The number of hydrogen-bond donors (Lipinski definition) is 1. The third-order valence-electron chi connectivity index (χ3n) is 3.69. The zero-order chi connectivity index (χ0) is 15.6. The van der Waals surface area contributed by atoms with Crippen molar-refractivity contribution in [2.75, 3.05) is 6.54 Å². The lowest BCUT2D eigenvalue weighted by molar-refractivity contribution is -0.130. The molecule has 21 heavy (non-hydrogen) atoms. The molecule has 0 unspecified atom stereocenters. The Hall–Kier alpha value is -1.69. The number of rotatable bonds is 6. The minimum absolute atomic E-state index is 0.188. The van der Waals surface area contributed by atoms with Crippen LogP contribution in [0, 0.1) is 6.92 Å². The van der Waals surface area contributed by atoms with Crippen molar-refractivity contribution in [3.63, 3.8) is 0 Å². The quantitative estimate of drug-likeness (QED) is 0.649. The molecule has 1 fully saturated rings. The van der Waals surface area contributed by atoms with Crippen molar-refractivity contribution in [1.29, 1.82) is 0 Å². The number of carbonyl (C=O) groups is 3. The lowest BCUT2D eigenvalue weighted by Gasteiger charge is -2.21. The van der Waals surface area contributed by atoms with Crippen LogP contribution in [-0.4, -0.2) is 34.7 Å². The third-order valence-corrected chi connectivity index (χ3v) is 4.73. The Kier molecular flexibility index (Phi) is 4.46. The van der Waals surface area contributed by atoms with Gasteiger partial charge in [-0.15, -0.1) is 11.3 Å². The van der Waals surface area contributed by atoms with Gasteiger partial charge in [-0.05, 0) is 32.4 Å². The summed E-state index contributed by atoms with van der Waals surface area (Å²) in [6.07, 6.45) is 2.40. The molecule has 1 N–H and O–H groups in total. The summed E-state index contributed by atoms with van der Waals surface area (Å²) in [4.78, 5) is 39.2. The summed E-state index contributed by atoms with van der Waals surface area (Å²) in [5.41, 5.74) is -0.876. The van der Waals surface area contributed by atoms with Crippen LogP contribution in [0.25, 0.3) is 0 Å². The standard InChI is InChI=1S/C15H20N2O3S/c1-4-5-8-15(3)13(19)17(14(20)16-15)9-11(18)12-7-6-10(2)21-12/h6-7H,4-5,8-9H2,1-3H3,(H,16,20)/t15-/m1/s1. The molecule has 0 aromatic carbocycles. The topological polar surface area (TPSA) is 66.5 Å². The van der Waals surface area contributed by atoms with Crippen LogP contribution in [0.15, 0.2) is 12.1 Å². The maximum absolute atomic E-state index is 12.4. The lowest BCUT2D eigenvalue weighted by atomic mass is 9.95. The highest BCUT2D eigenvalue weighted by Gasteiger charge is 2.47. The van der Waals surface area contributed by atoms with Crippen molar-refractivity contribution in [3.05, 3.63) is 21.9 Å². The van der Waals surface area contributed by atoms with Crippen LogP contribution in [0.1, 0.15) is 47.7 Å². The fraction of sp³-hybridized carbons (Fsp3) is 0.533. The summed E-state index contributed by atoms with van der Waals surface area (Å²) >= 11 is 1.38. The Morgan fingerprint density at radius 1 is 1.38 bits per heavy atom. The summed E-state index contributed by atoms with van der Waals surface area (Å²) < 4.78 is 0. The average Bonchev–Trinajstić information content (AvgIpc) is 2.95. The molecule has 1 aromatic rings. The fourth-order valence-corrected chi connectivity index (χ4v) is 3.19. The zero-order valence-electron chi connectivity index (χ0n) is 12.6. The van der Waals surface area contributed by atoms with E-state index in [1.807, 2.05) is 19.9 Å². The van der Waals surface area contributed by atoms with E-state index < -0.39 is 11.6 Å². The number of nitrogens with one attached hydrogen (secondary N) is 1. The first-order chi connectivity index (χ1) is 9.87. The Labute approximate surface area is 128 Å². The number of amides is 3. The van der Waals surface area contributed by atoms with Crippen LogP contribution in [0.2, 0.25) is 0 Å². The molecule has 0 saturated carbocycles. The van der Waals surface area contributed by atoms with Crippen molar-refractivity contribution in [3.8, 4) is 0 Å². The second-order valence-electron chi connectivity index (χ2n) is 5.59. The Morgan fingerprint density at radius 3 is 2.67 bits per heavy atom. The van der Waals surface area contributed by atoms with Crippen molar-refractivity contribution in [2.45, 2.75) is 45.6 Å². The highest BCUT2D eigenvalue weighted by molar-refractivity contribution is 7.14. The minimum Gasteiger partial charge on any atom is -0.323 e. The Balaban J connectivity index is 2.08. The summed E-state index contributed by atoms with van der Waals surface area (Å²) in [5.74, 6) is -0.501. The van der Waals surface area contributed by atoms with Crippen LogP contribution in [0.5, 0.6) is 0 Å². The fourth-order valence-electron chi connectivity index (χ4n) is 2.40. The molecule has 2 heterocycles. The van der Waals surface area contributed by atoms with Crippen molar-refractivity contribution >= 4 is 29.1 Å². The van der Waals surface area contributed by atoms with Gasteiger partial charge in [-0.3, -0.25) is 14.5 Å². The van der Waals surface area contributed by atoms with E-state index in [-0.39, 0.29) is 18.2 Å². The van der Waals surface area contributed by atoms with E-state index in [1.165, 1.54) is 11.3 Å². The SMILES string of the molecule is CCCC[C@@]1(C)NC(=O)N(CC(=O)c2ccc(C)s2)C1=O. The highest BCUT2D eigenvalue weighted by Crippen LogP contribution is 2.24. The third kappa shape index (κ3) is 3.15. The van der Waals surface area contributed by atoms with Crippen LogP contribution in [0.4, 0.5) is 4.79 Å². The number of hydrogen-bond acceptors (Lipinski definition) is 4. The number of urea groups is 1. The van der Waals surface area contributed by atoms with Gasteiger partial charge < -0.3 is 5.32 Å². The molecule has 0 spiro atoms. The zero-order valence-corrected chi connectivity index (χ0v) is 13.4. The van der Waals surface area contributed by atoms with Gasteiger partial charge in [0.15, 0.2) is 5.78 Å². The van der Waals surface area contributed by atoms with Crippen molar-refractivity contribution < 1.29 is 14.4 Å². The van der Waals surface area contributed by atoms with E-state index in [0.717, 1.165) is 22.6 Å². The molecule has 0 aliphatic carbocycles. The Morgan fingerprint density at radius 2 is 2.10 bits per heavy atom. The minimum atomic E-state index is -0.876. The largest absolute Gasteiger partial charge is 0.325 e. The molecule has 1 aliphatic heterocycles. The van der Waals surface area contributed by atoms with Gasteiger partial charge in [0.05, 0.1) is 11.4 Å². The van der Waals surface area contributed by atoms with Crippen LogP contribution in [-0.2, 0) is 4.79 Å². The molecule has 1 aliphatic rings. The summed E-state index contributed by atoms with van der Waals surface area (Å²) in [5, 5.41) is 2.72. The van der Waals surface area contributed by atoms with Crippen molar-refractivity contribution in [1.82, 2.24) is 10.2 Å². The van der Waals surface area contributed by atoms with Gasteiger partial charge >= 0.3 is 6.03 Å². The lowest BCUT2D eigenvalue weighted by Crippen LogP contribution is -2.44. The first-order valence-electron chi connectivity index (χ1n) is 7.11. The molecule has 1 aromatic heterocycles. The number of unbranched alkanes of at least 4 members (excludes halogenated alkanes) is 1. The second kappa shape index (κ2) is 5.97. The molecular weight excluding hydrogens is 288 g/mol. The molecule has 114 valence electrons. The summed E-state index contributed by atoms with van der Waals surface area (Å²) in [7, 11) is 0. The summed E-state index contributed by atoms with van der Waals surface area (Å²) in [6.45, 7) is 5.48. The van der Waals surface area contributed by atoms with Crippen molar-refractivity contribution in [2.24, 2.45) is 0 Å². The average molecular weight is 308 g/mol. The molecule has 1 atom stereocenters. The number of imide groups is 1. The van der Waals surface area contributed by atoms with Crippen LogP contribution >= 0.6 is 11.3 Å². The maximum Gasteiger partial charge on any atom is 0.325 e. The second-order valence-corrected chi connectivity index (χ2v) is 6.88. The molecule has 2 rings (SSSR count). The van der Waals surface area contributed by atoms with E-state index in [1.54, 1.807) is 13.0 Å². The number of thiophene rings is 1. The highest BCUT2D eigenvalue weighted by atomic mass is 32.1. The van der Waals surface area contributed by atoms with E-state index in [4.69, 9.17) is 0 Å². The van der Waals surface area contributed by atoms with E-state index in [9.17, 15) is 14.4 Å². The monoisotopic (exact) mass is 308 g/mol. The van der Waals surface area contributed by atoms with Gasteiger partial charge in [0.1, 0.15) is 5.54 Å². The first-order valence-corrected chi connectivity index (χ1v) is 7.93. The molecule has 1 saturated heterocycles. The van der Waals surface area contributed by atoms with Gasteiger partial charge in [-0.2, -0.15) is 0 Å². The number of aryl methyl sites for hydroxylation is 1. The molecule has 0 radical (unpaired) electrons. The van der Waals surface area contributed by atoms with E-state index in [0.29, 0.717) is 11.3 Å². The Bertz CT molecular complexity index is 581. The van der Waals surface area contributed by atoms with Gasteiger partial charge in [0.25, 0.3) is 5.91 Å². The smallest absolute Gasteiger partial charge is 0.323 e. The maximum atomic E-state index is 12.4. The molecule has 5 nitrogen and oxygen atoms in total. The molecular formula is C15H20N2O3S. The first kappa shape index (κ1) is 15.7. The van der Waals surface area contributed by atoms with E-state index >= 15 is 0 Å². The van der Waals surface area contributed by atoms with Crippen LogP contribution < -0.4 is 5.32 Å². The normalized spacial score (nSPS) is 21.8. The van der Waals surface area contributed by atoms with Gasteiger partial charge in [-0.1, -0.05) is 19.8 Å². The van der Waals surface area contributed by atoms with Gasteiger partial charge in [0.2, 0.25) is 0 Å². The van der Waals surface area contributed by atoms with Gasteiger partial charge in [0, 0.05) is 4.88 Å². The van der Waals surface area contributed by atoms with E-state index in [2.05, 4.69) is 5.32 Å². The molecule has 3 amide bonds. The number of Topliss-reactive ketones (excluding diaryl/α,β-unsaturated/α-hetero) is 1. The predicted octanol–water partition coefficient (Wildman–Crippen LogP) is 2.74. The number of ketones is 1. The predicted molar refractivity (Wildman–Crippen MR) is 81.6 cm³/mol.